The number of rotatable bonds is 3. The number of ether oxygens (including phenoxy) is 1. The van der Waals surface area contributed by atoms with E-state index in [0.717, 1.165) is 0 Å². The molecule has 4 atom stereocenters. The van der Waals surface area contributed by atoms with E-state index >= 15 is 0 Å². The highest BCUT2D eigenvalue weighted by molar-refractivity contribution is 5.97. The lowest BCUT2D eigenvalue weighted by Gasteiger charge is -2.20. The van der Waals surface area contributed by atoms with Crippen molar-refractivity contribution in [3.63, 3.8) is 0 Å². The SMILES string of the molecule is CC(=O)N1CC([C@H]2C[C@H](O)[C@@H](CO)O2)c2cccc([N+](=O)[O-])c21. The molecule has 2 aliphatic heterocycles. The van der Waals surface area contributed by atoms with E-state index in [2.05, 4.69) is 0 Å². The Balaban J connectivity index is 2.00. The molecule has 1 aromatic carbocycles. The molecule has 0 spiro atoms. The van der Waals surface area contributed by atoms with Crippen molar-refractivity contribution in [1.82, 2.24) is 0 Å². The topological polar surface area (TPSA) is 113 Å². The van der Waals surface area contributed by atoms with Crippen molar-refractivity contribution in [3.05, 3.63) is 33.9 Å². The van der Waals surface area contributed by atoms with Gasteiger partial charge in [-0.3, -0.25) is 14.9 Å². The first-order chi connectivity index (χ1) is 10.9. The van der Waals surface area contributed by atoms with Gasteiger partial charge in [-0.1, -0.05) is 12.1 Å². The van der Waals surface area contributed by atoms with Crippen LogP contribution in [0.25, 0.3) is 0 Å². The first kappa shape index (κ1) is 15.9. The number of aliphatic hydroxyl groups is 2. The van der Waals surface area contributed by atoms with Gasteiger partial charge in [0.2, 0.25) is 5.91 Å². The van der Waals surface area contributed by atoms with Crippen LogP contribution in [0.2, 0.25) is 0 Å². The van der Waals surface area contributed by atoms with E-state index in [4.69, 9.17) is 4.74 Å². The smallest absolute Gasteiger partial charge is 0.293 e. The highest BCUT2D eigenvalue weighted by atomic mass is 16.6. The quantitative estimate of drug-likeness (QED) is 0.621. The van der Waals surface area contributed by atoms with E-state index in [1.807, 2.05) is 0 Å². The molecule has 1 aromatic rings. The van der Waals surface area contributed by atoms with Crippen molar-refractivity contribution < 1.29 is 24.7 Å². The first-order valence-corrected chi connectivity index (χ1v) is 7.43. The van der Waals surface area contributed by atoms with Gasteiger partial charge in [-0.15, -0.1) is 0 Å². The number of amides is 1. The predicted molar refractivity (Wildman–Crippen MR) is 80.2 cm³/mol. The molecule has 1 saturated heterocycles. The van der Waals surface area contributed by atoms with Crippen LogP contribution in [0.3, 0.4) is 0 Å². The number of para-hydroxylation sites is 1. The number of fused-ring (bicyclic) bond motifs is 1. The second-order valence-electron chi connectivity index (χ2n) is 5.91. The first-order valence-electron chi connectivity index (χ1n) is 7.43. The fraction of sp³-hybridized carbons (Fsp3) is 0.533. The Kier molecular flexibility index (Phi) is 4.05. The Bertz CT molecular complexity index is 649. The van der Waals surface area contributed by atoms with Crippen molar-refractivity contribution in [3.8, 4) is 0 Å². The average molecular weight is 322 g/mol. The summed E-state index contributed by atoms with van der Waals surface area (Å²) in [5.41, 5.74) is 0.864. The lowest BCUT2D eigenvalue weighted by molar-refractivity contribution is -0.384. The molecule has 8 heteroatoms. The van der Waals surface area contributed by atoms with Gasteiger partial charge in [0, 0.05) is 31.9 Å². The van der Waals surface area contributed by atoms with E-state index in [-0.39, 0.29) is 30.7 Å². The number of nitro benzene ring substituents is 1. The van der Waals surface area contributed by atoms with E-state index in [1.54, 1.807) is 12.1 Å². The number of benzene rings is 1. The van der Waals surface area contributed by atoms with Gasteiger partial charge < -0.3 is 19.8 Å². The number of carbonyl (C=O) groups excluding carboxylic acids is 1. The Morgan fingerprint density at radius 3 is 2.83 bits per heavy atom. The van der Waals surface area contributed by atoms with Crippen LogP contribution in [-0.4, -0.2) is 52.5 Å². The minimum Gasteiger partial charge on any atom is -0.394 e. The summed E-state index contributed by atoms with van der Waals surface area (Å²) < 4.78 is 5.68. The molecule has 0 radical (unpaired) electrons. The van der Waals surface area contributed by atoms with Gasteiger partial charge in [0.05, 0.1) is 23.7 Å². The number of hydrogen-bond acceptors (Lipinski definition) is 6. The summed E-state index contributed by atoms with van der Waals surface area (Å²) >= 11 is 0. The van der Waals surface area contributed by atoms with Crippen molar-refractivity contribution in [1.29, 1.82) is 0 Å². The van der Waals surface area contributed by atoms with Crippen LogP contribution in [0.5, 0.6) is 0 Å². The number of nitro groups is 1. The maximum Gasteiger partial charge on any atom is 0.293 e. The third kappa shape index (κ3) is 2.58. The van der Waals surface area contributed by atoms with E-state index < -0.39 is 23.2 Å². The molecule has 1 unspecified atom stereocenters. The van der Waals surface area contributed by atoms with Gasteiger partial charge in [-0.25, -0.2) is 0 Å². The molecule has 2 heterocycles. The molecule has 0 saturated carbocycles. The molecule has 0 bridgehead atoms. The summed E-state index contributed by atoms with van der Waals surface area (Å²) in [6.45, 7) is 1.34. The Hall–Kier alpha value is -2.03. The molecule has 0 aliphatic carbocycles. The van der Waals surface area contributed by atoms with Crippen LogP contribution in [0.1, 0.15) is 24.8 Å². The lowest BCUT2D eigenvalue weighted by Crippen LogP contribution is -2.31. The van der Waals surface area contributed by atoms with Gasteiger partial charge in [-0.05, 0) is 5.56 Å². The fourth-order valence-electron chi connectivity index (χ4n) is 3.46. The molecule has 2 aliphatic rings. The molecule has 0 aromatic heterocycles. The maximum atomic E-state index is 11.9. The number of anilines is 1. The second-order valence-corrected chi connectivity index (χ2v) is 5.91. The summed E-state index contributed by atoms with van der Waals surface area (Å²) in [6.07, 6.45) is -1.51. The number of hydrogen-bond donors (Lipinski definition) is 2. The average Bonchev–Trinajstić information content (AvgIpc) is 3.07. The van der Waals surface area contributed by atoms with Crippen molar-refractivity contribution in [2.75, 3.05) is 18.1 Å². The Morgan fingerprint density at radius 2 is 2.26 bits per heavy atom. The van der Waals surface area contributed by atoms with E-state index in [9.17, 15) is 25.1 Å². The lowest BCUT2D eigenvalue weighted by atomic mass is 9.92. The zero-order chi connectivity index (χ0) is 16.7. The summed E-state index contributed by atoms with van der Waals surface area (Å²) in [5, 5.41) is 30.4. The Morgan fingerprint density at radius 1 is 1.52 bits per heavy atom. The van der Waals surface area contributed by atoms with Gasteiger partial charge in [0.15, 0.2) is 0 Å². The fourth-order valence-corrected chi connectivity index (χ4v) is 3.46. The molecule has 3 rings (SSSR count). The molecule has 8 nitrogen and oxygen atoms in total. The van der Waals surface area contributed by atoms with Gasteiger partial charge >= 0.3 is 0 Å². The van der Waals surface area contributed by atoms with Crippen molar-refractivity contribution in [2.24, 2.45) is 0 Å². The molecular weight excluding hydrogens is 304 g/mol. The summed E-state index contributed by atoms with van der Waals surface area (Å²) in [5.74, 6) is -0.541. The number of carbonyl (C=O) groups is 1. The largest absolute Gasteiger partial charge is 0.394 e. The second kappa shape index (κ2) is 5.88. The monoisotopic (exact) mass is 322 g/mol. The normalized spacial score (nSPS) is 29.6. The zero-order valence-electron chi connectivity index (χ0n) is 12.6. The summed E-state index contributed by atoms with van der Waals surface area (Å²) in [6, 6.07) is 4.71. The zero-order valence-corrected chi connectivity index (χ0v) is 12.6. The van der Waals surface area contributed by atoms with Crippen LogP contribution in [-0.2, 0) is 9.53 Å². The molecular formula is C15H18N2O6. The van der Waals surface area contributed by atoms with Crippen LogP contribution >= 0.6 is 0 Å². The highest BCUT2D eigenvalue weighted by Crippen LogP contribution is 2.46. The number of aliphatic hydroxyl groups excluding tert-OH is 2. The summed E-state index contributed by atoms with van der Waals surface area (Å²) in [4.78, 5) is 24.1. The van der Waals surface area contributed by atoms with Crippen LogP contribution in [0.15, 0.2) is 18.2 Å². The van der Waals surface area contributed by atoms with Crippen LogP contribution in [0.4, 0.5) is 11.4 Å². The van der Waals surface area contributed by atoms with E-state index in [1.165, 1.54) is 17.9 Å². The van der Waals surface area contributed by atoms with Crippen LogP contribution in [0, 0.1) is 10.1 Å². The minimum absolute atomic E-state index is 0.113. The highest BCUT2D eigenvalue weighted by Gasteiger charge is 2.45. The van der Waals surface area contributed by atoms with Gasteiger partial charge in [0.1, 0.15) is 11.8 Å². The maximum absolute atomic E-state index is 11.9. The van der Waals surface area contributed by atoms with Gasteiger partial charge in [-0.2, -0.15) is 0 Å². The predicted octanol–water partition coefficient (Wildman–Crippen LogP) is 0.556. The third-order valence-electron chi connectivity index (χ3n) is 4.55. The molecule has 1 amide bonds. The van der Waals surface area contributed by atoms with E-state index in [0.29, 0.717) is 17.7 Å². The molecule has 23 heavy (non-hydrogen) atoms. The van der Waals surface area contributed by atoms with Crippen molar-refractivity contribution >= 4 is 17.3 Å². The Labute approximate surface area is 132 Å². The van der Waals surface area contributed by atoms with Gasteiger partial charge in [0.25, 0.3) is 5.69 Å². The number of nitrogens with zero attached hydrogens (tertiary/aromatic N) is 2. The minimum atomic E-state index is -0.779. The third-order valence-corrected chi connectivity index (χ3v) is 4.55. The van der Waals surface area contributed by atoms with Crippen LogP contribution < -0.4 is 4.90 Å². The molecule has 1 fully saturated rings. The molecule has 124 valence electrons. The summed E-state index contributed by atoms with van der Waals surface area (Å²) in [7, 11) is 0. The standard InChI is InChI=1S/C15H18N2O6/c1-8(19)16-6-10(13-5-12(20)14(7-18)23-13)9-3-2-4-11(15(9)16)17(21)22/h2-4,10,12-14,18,20H,5-7H2,1H3/t10?,12-,13+,14+/m0/s1. The van der Waals surface area contributed by atoms with Crippen molar-refractivity contribution in [2.45, 2.75) is 37.6 Å². The molecule has 2 N–H and O–H groups in total.